The van der Waals surface area contributed by atoms with Gasteiger partial charge in [0.15, 0.2) is 18.7 Å². The van der Waals surface area contributed by atoms with Crippen LogP contribution < -0.4 is 0 Å². The van der Waals surface area contributed by atoms with Crippen LogP contribution in [0.15, 0.2) is 30.3 Å². The summed E-state index contributed by atoms with van der Waals surface area (Å²) in [6, 6.07) is 10.4. The van der Waals surface area contributed by atoms with Crippen molar-refractivity contribution in [3.05, 3.63) is 35.9 Å². The summed E-state index contributed by atoms with van der Waals surface area (Å²) in [6.07, 6.45) is -14.2. The molecular weight excluding hydrogens is 402 g/mol. The smallest absolute Gasteiger partial charge is 0.188 e. The van der Waals surface area contributed by atoms with Crippen LogP contribution in [0.4, 0.5) is 0 Å². The molecule has 2 saturated heterocycles. The number of hydrogen-bond donors (Lipinski definition) is 6. The average Bonchev–Trinajstić information content (AvgIpc) is 2.76. The van der Waals surface area contributed by atoms with Gasteiger partial charge in [0, 0.05) is 0 Å². The Labute approximate surface area is 172 Å². The van der Waals surface area contributed by atoms with Gasteiger partial charge in [0.25, 0.3) is 0 Å². The van der Waals surface area contributed by atoms with Crippen LogP contribution in [0, 0.1) is 11.3 Å². The Morgan fingerprint density at radius 3 is 2.27 bits per heavy atom. The number of ether oxygens (including phenoxy) is 4. The summed E-state index contributed by atoms with van der Waals surface area (Å²) < 4.78 is 21.5. The van der Waals surface area contributed by atoms with E-state index in [2.05, 4.69) is 0 Å². The van der Waals surface area contributed by atoms with Crippen molar-refractivity contribution in [2.45, 2.75) is 61.4 Å². The van der Waals surface area contributed by atoms with Crippen LogP contribution in [0.3, 0.4) is 0 Å². The second-order valence-electron chi connectivity index (χ2n) is 7.15. The molecule has 2 aliphatic heterocycles. The molecule has 0 aliphatic carbocycles. The lowest BCUT2D eigenvalue weighted by Crippen LogP contribution is -2.60. The van der Waals surface area contributed by atoms with Crippen molar-refractivity contribution in [1.82, 2.24) is 0 Å². The predicted molar refractivity (Wildman–Crippen MR) is 96.3 cm³/mol. The molecule has 10 atom stereocenters. The van der Waals surface area contributed by atoms with Crippen molar-refractivity contribution in [3.63, 3.8) is 0 Å². The van der Waals surface area contributed by atoms with E-state index in [1.807, 2.05) is 6.07 Å². The number of aliphatic hydroxyl groups is 6. The Morgan fingerprint density at radius 2 is 1.60 bits per heavy atom. The number of nitrogens with zero attached hydrogens (tertiary/aromatic N) is 1. The summed E-state index contributed by atoms with van der Waals surface area (Å²) >= 11 is 0. The lowest BCUT2D eigenvalue weighted by atomic mass is 9.99. The molecule has 30 heavy (non-hydrogen) atoms. The molecule has 2 aliphatic rings. The molecule has 3 rings (SSSR count). The second-order valence-corrected chi connectivity index (χ2v) is 7.15. The van der Waals surface area contributed by atoms with Gasteiger partial charge in [-0.2, -0.15) is 5.26 Å². The topological polar surface area (TPSA) is 182 Å². The molecule has 11 nitrogen and oxygen atoms in total. The Hall–Kier alpha value is -1.69. The fourth-order valence-corrected chi connectivity index (χ4v) is 3.23. The van der Waals surface area contributed by atoms with Crippen molar-refractivity contribution in [2.24, 2.45) is 0 Å². The van der Waals surface area contributed by atoms with Crippen molar-refractivity contribution in [2.75, 3.05) is 13.2 Å². The average molecular weight is 427 g/mol. The number of aliphatic hydroxyl groups excluding tert-OH is 6. The SMILES string of the molecule is N#C[C@@H](O[C@H]1O[C@@H](CO[C@@H]2OC[C@@H](O)[C@@H](O)[C@H]2O)[C@@H](O)[C@@H](O)[C@@H]1O)c1ccccc1. The van der Waals surface area contributed by atoms with Gasteiger partial charge in [-0.1, -0.05) is 30.3 Å². The first kappa shape index (κ1) is 23.0. The maximum atomic E-state index is 10.2. The normalized spacial score (nSPS) is 40.5. The van der Waals surface area contributed by atoms with Gasteiger partial charge in [0.05, 0.1) is 19.3 Å². The molecule has 0 amide bonds. The monoisotopic (exact) mass is 427 g/mol. The first-order valence-corrected chi connectivity index (χ1v) is 9.40. The van der Waals surface area contributed by atoms with Gasteiger partial charge in [-0.15, -0.1) is 0 Å². The molecular formula is C19H25NO10. The minimum atomic E-state index is -1.66. The molecule has 0 saturated carbocycles. The first-order valence-electron chi connectivity index (χ1n) is 9.40. The largest absolute Gasteiger partial charge is 0.388 e. The summed E-state index contributed by atoms with van der Waals surface area (Å²) in [4.78, 5) is 0. The zero-order valence-corrected chi connectivity index (χ0v) is 15.8. The molecule has 11 heteroatoms. The Balaban J connectivity index is 1.63. The highest BCUT2D eigenvalue weighted by atomic mass is 16.7. The Bertz CT molecular complexity index is 715. The first-order chi connectivity index (χ1) is 14.3. The maximum Gasteiger partial charge on any atom is 0.188 e. The minimum Gasteiger partial charge on any atom is -0.388 e. The summed E-state index contributed by atoms with van der Waals surface area (Å²) in [6.45, 7) is -0.678. The quantitative estimate of drug-likeness (QED) is 0.283. The minimum absolute atomic E-state index is 0.273. The van der Waals surface area contributed by atoms with E-state index >= 15 is 0 Å². The molecule has 0 unspecified atom stereocenters. The van der Waals surface area contributed by atoms with Gasteiger partial charge in [0.1, 0.15) is 42.7 Å². The highest BCUT2D eigenvalue weighted by Crippen LogP contribution is 2.28. The zero-order chi connectivity index (χ0) is 21.8. The summed E-state index contributed by atoms with van der Waals surface area (Å²) in [5.41, 5.74) is 0.510. The van der Waals surface area contributed by atoms with Gasteiger partial charge < -0.3 is 49.6 Å². The second kappa shape index (κ2) is 10.1. The molecule has 0 radical (unpaired) electrons. The molecule has 0 spiro atoms. The predicted octanol–water partition coefficient (Wildman–Crippen LogP) is -2.47. The highest BCUT2D eigenvalue weighted by Gasteiger charge is 2.46. The third-order valence-corrected chi connectivity index (χ3v) is 5.04. The maximum absolute atomic E-state index is 10.2. The summed E-state index contributed by atoms with van der Waals surface area (Å²) in [5, 5.41) is 69.0. The molecule has 0 aromatic heterocycles. The van der Waals surface area contributed by atoms with Gasteiger partial charge in [-0.05, 0) is 5.56 Å². The molecule has 2 heterocycles. The Morgan fingerprint density at radius 1 is 0.933 bits per heavy atom. The van der Waals surface area contributed by atoms with E-state index in [0.717, 1.165) is 0 Å². The van der Waals surface area contributed by atoms with Crippen LogP contribution in [0.1, 0.15) is 11.7 Å². The molecule has 166 valence electrons. The number of hydrogen-bond acceptors (Lipinski definition) is 11. The van der Waals surface area contributed by atoms with E-state index < -0.39 is 68.0 Å². The van der Waals surface area contributed by atoms with Crippen molar-refractivity contribution >= 4 is 0 Å². The van der Waals surface area contributed by atoms with E-state index in [4.69, 9.17) is 18.9 Å². The van der Waals surface area contributed by atoms with Crippen molar-refractivity contribution in [3.8, 4) is 6.07 Å². The Kier molecular flexibility index (Phi) is 7.72. The third-order valence-electron chi connectivity index (χ3n) is 5.04. The molecule has 1 aromatic rings. The fraction of sp³-hybridized carbons (Fsp3) is 0.632. The van der Waals surface area contributed by atoms with Crippen LogP contribution in [-0.2, 0) is 18.9 Å². The third kappa shape index (κ3) is 4.96. The highest BCUT2D eigenvalue weighted by molar-refractivity contribution is 5.22. The lowest BCUT2D eigenvalue weighted by Gasteiger charge is -2.41. The molecule has 1 aromatic carbocycles. The molecule has 0 bridgehead atoms. The summed E-state index contributed by atoms with van der Waals surface area (Å²) in [5.74, 6) is 0. The van der Waals surface area contributed by atoms with E-state index in [-0.39, 0.29) is 6.61 Å². The van der Waals surface area contributed by atoms with Gasteiger partial charge in [0.2, 0.25) is 0 Å². The van der Waals surface area contributed by atoms with E-state index in [9.17, 15) is 35.9 Å². The van der Waals surface area contributed by atoms with Crippen LogP contribution in [0.25, 0.3) is 0 Å². The molecule has 6 N–H and O–H groups in total. The van der Waals surface area contributed by atoms with Gasteiger partial charge in [-0.25, -0.2) is 0 Å². The van der Waals surface area contributed by atoms with Crippen molar-refractivity contribution in [1.29, 1.82) is 5.26 Å². The van der Waals surface area contributed by atoms with Crippen LogP contribution in [0.5, 0.6) is 0 Å². The van der Waals surface area contributed by atoms with Gasteiger partial charge in [-0.3, -0.25) is 0 Å². The zero-order valence-electron chi connectivity index (χ0n) is 15.8. The number of benzene rings is 1. The van der Waals surface area contributed by atoms with Gasteiger partial charge >= 0.3 is 0 Å². The van der Waals surface area contributed by atoms with Crippen LogP contribution >= 0.6 is 0 Å². The van der Waals surface area contributed by atoms with E-state index in [1.54, 1.807) is 30.3 Å². The van der Waals surface area contributed by atoms with E-state index in [0.29, 0.717) is 5.56 Å². The number of rotatable bonds is 6. The lowest BCUT2D eigenvalue weighted by molar-refractivity contribution is -0.325. The molecule has 2 fully saturated rings. The standard InChI is InChI=1S/C19H25NO10/c20-6-11(9-4-2-1-3-5-9)29-19-17(26)15(24)14(23)12(30-19)8-28-18-16(25)13(22)10(21)7-27-18/h1-5,10-19,21-26H,7-8H2/t10-,11-,12+,13-,14-,15-,16-,17+,18+,19+/m1/s1. The van der Waals surface area contributed by atoms with Crippen molar-refractivity contribution < 1.29 is 49.6 Å². The summed E-state index contributed by atoms with van der Waals surface area (Å²) in [7, 11) is 0. The number of nitriles is 1. The van der Waals surface area contributed by atoms with E-state index in [1.165, 1.54) is 0 Å². The fourth-order valence-electron chi connectivity index (χ4n) is 3.23. The van der Waals surface area contributed by atoms with Crippen LogP contribution in [0.2, 0.25) is 0 Å². The van der Waals surface area contributed by atoms with Crippen LogP contribution in [-0.4, -0.2) is 99.2 Å².